The molecule has 2 aliphatic carbocycles. The van der Waals surface area contributed by atoms with E-state index < -0.39 is 15.4 Å². The van der Waals surface area contributed by atoms with Crippen molar-refractivity contribution in [3.8, 4) is 0 Å². The number of carbonyl (C=O) groups is 1. The van der Waals surface area contributed by atoms with Crippen LogP contribution in [0.25, 0.3) is 0 Å². The van der Waals surface area contributed by atoms with Gasteiger partial charge in [-0.05, 0) is 24.2 Å². The Bertz CT molecular complexity index is 512. The lowest BCUT2D eigenvalue weighted by atomic mass is 9.69. The minimum absolute atomic E-state index is 0.0715. The first-order chi connectivity index (χ1) is 8.17. The summed E-state index contributed by atoms with van der Waals surface area (Å²) in [5.41, 5.74) is -0.614. The first kappa shape index (κ1) is 12.4. The number of carbonyl (C=O) groups excluding carboxylic acids is 1. The molecule has 0 aromatic carbocycles. The smallest absolute Gasteiger partial charge is 0.306 e. The van der Waals surface area contributed by atoms with Crippen LogP contribution in [0.5, 0.6) is 0 Å². The molecule has 1 heterocycles. The Morgan fingerprint density at radius 2 is 2.11 bits per heavy atom. The van der Waals surface area contributed by atoms with Gasteiger partial charge >= 0.3 is 5.97 Å². The van der Waals surface area contributed by atoms with Crippen LogP contribution in [-0.4, -0.2) is 26.2 Å². The van der Waals surface area contributed by atoms with Gasteiger partial charge in [0.2, 0.25) is 10.0 Å². The van der Waals surface area contributed by atoms with Crippen molar-refractivity contribution in [1.29, 1.82) is 0 Å². The van der Waals surface area contributed by atoms with Crippen LogP contribution < -0.4 is 5.14 Å². The highest BCUT2D eigenvalue weighted by Gasteiger charge is 2.72. The summed E-state index contributed by atoms with van der Waals surface area (Å²) in [4.78, 5) is 11.5. The van der Waals surface area contributed by atoms with Crippen LogP contribution in [-0.2, 0) is 19.6 Å². The van der Waals surface area contributed by atoms with E-state index >= 15 is 0 Å². The molecule has 5 nitrogen and oxygen atoms in total. The number of rotatable bonds is 2. The largest absolute Gasteiger partial charge is 0.461 e. The molecular formula is C12H19NO4S. The van der Waals surface area contributed by atoms with E-state index in [0.29, 0.717) is 12.3 Å². The van der Waals surface area contributed by atoms with Gasteiger partial charge in [-0.2, -0.15) is 0 Å². The van der Waals surface area contributed by atoms with Crippen LogP contribution in [0.2, 0.25) is 0 Å². The van der Waals surface area contributed by atoms with Gasteiger partial charge in [-0.3, -0.25) is 4.79 Å². The highest BCUT2D eigenvalue weighted by Crippen LogP contribution is 2.70. The van der Waals surface area contributed by atoms with Crippen LogP contribution >= 0.6 is 0 Å². The van der Waals surface area contributed by atoms with E-state index in [9.17, 15) is 13.2 Å². The molecule has 3 fully saturated rings. The zero-order valence-corrected chi connectivity index (χ0v) is 11.5. The van der Waals surface area contributed by atoms with E-state index in [-0.39, 0.29) is 29.2 Å². The van der Waals surface area contributed by atoms with E-state index in [1.807, 2.05) is 0 Å². The number of ether oxygens (including phenoxy) is 1. The SMILES string of the molecule is CC1(C)C2CCC1(CS(N)(=O)=O)C1OC(=O)CC21. The molecule has 0 aromatic heterocycles. The highest BCUT2D eigenvalue weighted by atomic mass is 32.2. The third kappa shape index (κ3) is 1.36. The second-order valence-corrected chi connectivity index (χ2v) is 8.22. The summed E-state index contributed by atoms with van der Waals surface area (Å²) in [6, 6.07) is 0. The number of nitrogens with two attached hydrogens (primary N) is 1. The Balaban J connectivity index is 2.07. The van der Waals surface area contributed by atoms with E-state index in [1.165, 1.54) is 0 Å². The van der Waals surface area contributed by atoms with E-state index in [0.717, 1.165) is 12.8 Å². The maximum Gasteiger partial charge on any atom is 0.306 e. The molecule has 2 bridgehead atoms. The van der Waals surface area contributed by atoms with Gasteiger partial charge in [0.05, 0.1) is 12.2 Å². The Kier molecular flexibility index (Phi) is 2.26. The molecular weight excluding hydrogens is 254 g/mol. The standard InChI is InChI=1S/C12H19NO4S/c1-11(2)8-3-4-12(11,6-18(13,15)16)10-7(8)5-9(14)17-10/h7-8,10H,3-6H2,1-2H3,(H2,13,15,16). The summed E-state index contributed by atoms with van der Waals surface area (Å²) in [5.74, 6) is 0.294. The van der Waals surface area contributed by atoms with Gasteiger partial charge in [0.25, 0.3) is 0 Å². The summed E-state index contributed by atoms with van der Waals surface area (Å²) in [6.45, 7) is 4.20. The zero-order valence-electron chi connectivity index (χ0n) is 10.7. The minimum atomic E-state index is -3.57. The Morgan fingerprint density at radius 3 is 2.72 bits per heavy atom. The first-order valence-electron chi connectivity index (χ1n) is 6.37. The first-order valence-corrected chi connectivity index (χ1v) is 8.09. The predicted molar refractivity (Wildman–Crippen MR) is 64.9 cm³/mol. The van der Waals surface area contributed by atoms with Crippen molar-refractivity contribution >= 4 is 16.0 Å². The number of sulfonamides is 1. The fraction of sp³-hybridized carbons (Fsp3) is 0.917. The molecule has 3 rings (SSSR count). The van der Waals surface area contributed by atoms with Crippen molar-refractivity contribution in [2.24, 2.45) is 27.8 Å². The molecule has 0 aromatic rings. The molecule has 2 N–H and O–H groups in total. The quantitative estimate of drug-likeness (QED) is 0.748. The van der Waals surface area contributed by atoms with Crippen LogP contribution in [0, 0.1) is 22.7 Å². The van der Waals surface area contributed by atoms with Crippen LogP contribution in [0.1, 0.15) is 33.1 Å². The number of esters is 1. The molecule has 1 aliphatic heterocycles. The van der Waals surface area contributed by atoms with Crippen molar-refractivity contribution in [3.05, 3.63) is 0 Å². The monoisotopic (exact) mass is 273 g/mol. The van der Waals surface area contributed by atoms with Crippen molar-refractivity contribution in [2.75, 3.05) is 5.75 Å². The van der Waals surface area contributed by atoms with E-state index in [4.69, 9.17) is 9.88 Å². The molecule has 0 amide bonds. The lowest BCUT2D eigenvalue weighted by Gasteiger charge is -2.40. The van der Waals surface area contributed by atoms with E-state index in [2.05, 4.69) is 13.8 Å². The molecule has 0 radical (unpaired) electrons. The van der Waals surface area contributed by atoms with Gasteiger partial charge in [0, 0.05) is 11.3 Å². The van der Waals surface area contributed by atoms with Crippen molar-refractivity contribution in [2.45, 2.75) is 39.2 Å². The molecule has 0 spiro atoms. The second kappa shape index (κ2) is 3.28. The second-order valence-electron chi connectivity index (χ2n) is 6.61. The van der Waals surface area contributed by atoms with Crippen LogP contribution in [0.15, 0.2) is 0 Å². The summed E-state index contributed by atoms with van der Waals surface area (Å²) < 4.78 is 28.6. The fourth-order valence-corrected chi connectivity index (χ4v) is 6.27. The molecule has 6 heteroatoms. The van der Waals surface area contributed by atoms with Crippen molar-refractivity contribution in [1.82, 2.24) is 0 Å². The van der Waals surface area contributed by atoms with Gasteiger partial charge in [-0.25, -0.2) is 13.6 Å². The Hall–Kier alpha value is -0.620. The van der Waals surface area contributed by atoms with Gasteiger partial charge in [0.15, 0.2) is 0 Å². The summed E-state index contributed by atoms with van der Waals surface area (Å²) >= 11 is 0. The average Bonchev–Trinajstić information content (AvgIpc) is 2.70. The van der Waals surface area contributed by atoms with Gasteiger partial charge in [-0.1, -0.05) is 13.8 Å². The van der Waals surface area contributed by atoms with Gasteiger partial charge in [0.1, 0.15) is 6.10 Å². The Morgan fingerprint density at radius 1 is 1.44 bits per heavy atom. The number of fused-ring (bicyclic) bond motifs is 5. The van der Waals surface area contributed by atoms with Crippen molar-refractivity contribution in [3.63, 3.8) is 0 Å². The molecule has 3 aliphatic rings. The maximum atomic E-state index is 11.6. The third-order valence-corrected chi connectivity index (χ3v) is 6.60. The van der Waals surface area contributed by atoms with Crippen LogP contribution in [0.4, 0.5) is 0 Å². The van der Waals surface area contributed by atoms with Gasteiger partial charge < -0.3 is 4.74 Å². The highest BCUT2D eigenvalue weighted by molar-refractivity contribution is 7.89. The number of hydrogen-bond donors (Lipinski definition) is 1. The average molecular weight is 273 g/mol. The zero-order chi connectivity index (χ0) is 13.3. The lowest BCUT2D eigenvalue weighted by molar-refractivity contribution is -0.147. The topological polar surface area (TPSA) is 86.5 Å². The maximum absolute atomic E-state index is 11.6. The third-order valence-electron chi connectivity index (χ3n) is 5.68. The molecule has 4 unspecified atom stereocenters. The molecule has 2 saturated carbocycles. The Labute approximate surface area is 107 Å². The molecule has 4 atom stereocenters. The normalized spacial score (nSPS) is 45.1. The van der Waals surface area contributed by atoms with Crippen LogP contribution in [0.3, 0.4) is 0 Å². The molecule has 102 valence electrons. The molecule has 18 heavy (non-hydrogen) atoms. The summed E-state index contributed by atoms with van der Waals surface area (Å²) in [7, 11) is -3.57. The van der Waals surface area contributed by atoms with E-state index in [1.54, 1.807) is 0 Å². The fourth-order valence-electron chi connectivity index (χ4n) is 4.88. The number of hydrogen-bond acceptors (Lipinski definition) is 4. The predicted octanol–water partition coefficient (Wildman–Crippen LogP) is 0.643. The van der Waals surface area contributed by atoms with Gasteiger partial charge in [-0.15, -0.1) is 0 Å². The molecule has 1 saturated heterocycles. The lowest BCUT2D eigenvalue weighted by Crippen LogP contribution is -2.47. The summed E-state index contributed by atoms with van der Waals surface area (Å²) in [6.07, 6.45) is 1.94. The number of primary sulfonamides is 1. The minimum Gasteiger partial charge on any atom is -0.461 e. The van der Waals surface area contributed by atoms with Crippen molar-refractivity contribution < 1.29 is 17.9 Å². The summed E-state index contributed by atoms with van der Waals surface area (Å²) in [5, 5.41) is 5.26.